The minimum absolute atomic E-state index is 0.312. The number of hydrogen-bond donors (Lipinski definition) is 0. The van der Waals surface area contributed by atoms with Crippen LogP contribution in [0.3, 0.4) is 0 Å². The van der Waals surface area contributed by atoms with Gasteiger partial charge >= 0.3 is 6.18 Å². The van der Waals surface area contributed by atoms with Crippen LogP contribution in [0.5, 0.6) is 0 Å². The van der Waals surface area contributed by atoms with Gasteiger partial charge in [0.1, 0.15) is 5.82 Å². The van der Waals surface area contributed by atoms with Gasteiger partial charge in [-0.05, 0) is 30.7 Å². The van der Waals surface area contributed by atoms with Gasteiger partial charge in [0.05, 0.1) is 0 Å². The van der Waals surface area contributed by atoms with Gasteiger partial charge in [-0.2, -0.15) is 13.2 Å². The third-order valence-corrected chi connectivity index (χ3v) is 3.09. The molecule has 0 unspecified atom stereocenters. The fraction of sp³-hybridized carbons (Fsp3) is 0.357. The van der Waals surface area contributed by atoms with Crippen LogP contribution in [-0.2, 0) is 13.2 Å². The standard InChI is InChI=1S/C12H10BrF3N2.C2H6/c1-7-5-8(13)3-4-9(7)11-17-10(6-18(11)2)12(14,15)16;1-2/h3-6H,1-2H3;1-2H3. The topological polar surface area (TPSA) is 17.8 Å². The maximum Gasteiger partial charge on any atom is 0.434 e. The van der Waals surface area contributed by atoms with Crippen LogP contribution >= 0.6 is 15.9 Å². The van der Waals surface area contributed by atoms with E-state index in [0.29, 0.717) is 11.4 Å². The molecule has 1 aromatic carbocycles. The van der Waals surface area contributed by atoms with Crippen molar-refractivity contribution in [3.8, 4) is 11.4 Å². The number of hydrogen-bond acceptors (Lipinski definition) is 1. The zero-order chi connectivity index (χ0) is 15.5. The van der Waals surface area contributed by atoms with Crippen LogP contribution in [0.1, 0.15) is 25.1 Å². The third kappa shape index (κ3) is 3.62. The van der Waals surface area contributed by atoms with E-state index in [9.17, 15) is 13.2 Å². The van der Waals surface area contributed by atoms with Crippen molar-refractivity contribution in [3.05, 3.63) is 40.1 Å². The van der Waals surface area contributed by atoms with Gasteiger partial charge in [-0.3, -0.25) is 0 Å². The summed E-state index contributed by atoms with van der Waals surface area (Å²) in [6.45, 7) is 5.84. The molecule has 0 atom stereocenters. The number of aryl methyl sites for hydroxylation is 2. The van der Waals surface area contributed by atoms with Crippen LogP contribution < -0.4 is 0 Å². The van der Waals surface area contributed by atoms with Crippen LogP contribution in [0.4, 0.5) is 13.2 Å². The second-order valence-electron chi connectivity index (χ2n) is 4.02. The average Bonchev–Trinajstić information content (AvgIpc) is 2.74. The van der Waals surface area contributed by atoms with Gasteiger partial charge in [0.2, 0.25) is 0 Å². The summed E-state index contributed by atoms with van der Waals surface area (Å²) in [4.78, 5) is 3.66. The maximum atomic E-state index is 12.6. The number of halogens is 4. The Hall–Kier alpha value is -1.30. The van der Waals surface area contributed by atoms with Crippen LogP contribution in [0.15, 0.2) is 28.9 Å². The molecule has 0 aliphatic carbocycles. The molecule has 0 saturated carbocycles. The van der Waals surface area contributed by atoms with Crippen molar-refractivity contribution in [3.63, 3.8) is 0 Å². The summed E-state index contributed by atoms with van der Waals surface area (Å²) in [5, 5.41) is 0. The molecule has 0 radical (unpaired) electrons. The number of imidazole rings is 1. The summed E-state index contributed by atoms with van der Waals surface area (Å²) in [7, 11) is 1.55. The molecule has 2 aromatic rings. The molecule has 0 fully saturated rings. The van der Waals surface area contributed by atoms with Crippen molar-refractivity contribution in [1.82, 2.24) is 9.55 Å². The quantitative estimate of drug-likeness (QED) is 0.692. The lowest BCUT2D eigenvalue weighted by molar-refractivity contribution is -0.140. The average molecular weight is 349 g/mol. The van der Waals surface area contributed by atoms with E-state index < -0.39 is 11.9 Å². The number of alkyl halides is 3. The van der Waals surface area contributed by atoms with E-state index in [1.807, 2.05) is 26.8 Å². The van der Waals surface area contributed by atoms with Crippen molar-refractivity contribution < 1.29 is 13.2 Å². The zero-order valence-corrected chi connectivity index (χ0v) is 13.3. The van der Waals surface area contributed by atoms with E-state index in [0.717, 1.165) is 16.2 Å². The van der Waals surface area contributed by atoms with Gasteiger partial charge in [-0.25, -0.2) is 4.98 Å². The molecule has 110 valence electrons. The first-order chi connectivity index (χ1) is 9.29. The van der Waals surface area contributed by atoms with Crippen LogP contribution in [0, 0.1) is 6.92 Å². The van der Waals surface area contributed by atoms with Crippen LogP contribution in [-0.4, -0.2) is 9.55 Å². The molecule has 2 rings (SSSR count). The van der Waals surface area contributed by atoms with Gasteiger partial charge in [0.25, 0.3) is 0 Å². The predicted molar refractivity (Wildman–Crippen MR) is 77.4 cm³/mol. The highest BCUT2D eigenvalue weighted by atomic mass is 79.9. The molecule has 0 amide bonds. The van der Waals surface area contributed by atoms with Gasteiger partial charge in [0.15, 0.2) is 5.69 Å². The van der Waals surface area contributed by atoms with E-state index in [4.69, 9.17) is 0 Å². The van der Waals surface area contributed by atoms with E-state index in [1.165, 1.54) is 4.57 Å². The van der Waals surface area contributed by atoms with Gasteiger partial charge in [-0.1, -0.05) is 29.8 Å². The Kier molecular flexibility index (Phi) is 5.39. The molecule has 2 nitrogen and oxygen atoms in total. The highest BCUT2D eigenvalue weighted by molar-refractivity contribution is 9.10. The normalized spacial score (nSPS) is 11.0. The molecular weight excluding hydrogens is 333 g/mol. The molecule has 1 heterocycles. The van der Waals surface area contributed by atoms with Crippen molar-refractivity contribution in [2.24, 2.45) is 7.05 Å². The Balaban J connectivity index is 0.000000956. The molecular formula is C14H16BrF3N2. The maximum absolute atomic E-state index is 12.6. The lowest BCUT2D eigenvalue weighted by Crippen LogP contribution is -2.04. The molecule has 0 spiro atoms. The first-order valence-corrected chi connectivity index (χ1v) is 6.95. The molecule has 1 aromatic heterocycles. The van der Waals surface area contributed by atoms with Gasteiger partial charge in [-0.15, -0.1) is 0 Å². The Morgan fingerprint density at radius 2 is 1.80 bits per heavy atom. The number of aromatic nitrogens is 2. The summed E-state index contributed by atoms with van der Waals surface area (Å²) >= 11 is 3.32. The molecule has 0 bridgehead atoms. The van der Waals surface area contributed by atoms with Crippen molar-refractivity contribution in [2.75, 3.05) is 0 Å². The molecule has 0 aliphatic heterocycles. The van der Waals surface area contributed by atoms with Crippen molar-refractivity contribution in [2.45, 2.75) is 26.9 Å². The Morgan fingerprint density at radius 1 is 1.20 bits per heavy atom. The number of nitrogens with zero attached hydrogens (tertiary/aromatic N) is 2. The van der Waals surface area contributed by atoms with Crippen molar-refractivity contribution >= 4 is 15.9 Å². The number of rotatable bonds is 1. The first kappa shape index (κ1) is 16.8. The van der Waals surface area contributed by atoms with Crippen molar-refractivity contribution in [1.29, 1.82) is 0 Å². The SMILES string of the molecule is CC.Cc1cc(Br)ccc1-c1nc(C(F)(F)F)cn1C. The van der Waals surface area contributed by atoms with E-state index in [2.05, 4.69) is 20.9 Å². The van der Waals surface area contributed by atoms with Gasteiger partial charge < -0.3 is 4.57 Å². The largest absolute Gasteiger partial charge is 0.434 e. The summed E-state index contributed by atoms with van der Waals surface area (Å²) in [6.07, 6.45) is -3.42. The highest BCUT2D eigenvalue weighted by Crippen LogP contribution is 2.32. The lowest BCUT2D eigenvalue weighted by atomic mass is 10.1. The Labute approximate surface area is 124 Å². The first-order valence-electron chi connectivity index (χ1n) is 6.16. The van der Waals surface area contributed by atoms with Crippen LogP contribution in [0.25, 0.3) is 11.4 Å². The molecule has 0 N–H and O–H groups in total. The Morgan fingerprint density at radius 3 is 2.25 bits per heavy atom. The van der Waals surface area contributed by atoms with E-state index in [1.54, 1.807) is 19.2 Å². The second kappa shape index (κ2) is 6.43. The summed E-state index contributed by atoms with van der Waals surface area (Å²) in [5.74, 6) is 0.312. The summed E-state index contributed by atoms with van der Waals surface area (Å²) in [5.41, 5.74) is 0.685. The summed E-state index contributed by atoms with van der Waals surface area (Å²) in [6, 6.07) is 5.38. The number of benzene rings is 1. The summed E-state index contributed by atoms with van der Waals surface area (Å²) < 4.78 is 40.0. The fourth-order valence-corrected chi connectivity index (χ4v) is 2.21. The highest BCUT2D eigenvalue weighted by Gasteiger charge is 2.34. The van der Waals surface area contributed by atoms with E-state index >= 15 is 0 Å². The Bertz CT molecular complexity index is 589. The fourth-order valence-electron chi connectivity index (χ4n) is 1.73. The predicted octanol–water partition coefficient (Wildman–Crippen LogP) is 5.20. The monoisotopic (exact) mass is 348 g/mol. The van der Waals surface area contributed by atoms with Crippen LogP contribution in [0.2, 0.25) is 0 Å². The third-order valence-electron chi connectivity index (χ3n) is 2.60. The van der Waals surface area contributed by atoms with Gasteiger partial charge in [0, 0.05) is 23.3 Å². The molecule has 6 heteroatoms. The minimum Gasteiger partial charge on any atom is -0.333 e. The molecule has 0 aliphatic rings. The molecule has 20 heavy (non-hydrogen) atoms. The van der Waals surface area contributed by atoms with E-state index in [-0.39, 0.29) is 0 Å². The second-order valence-corrected chi connectivity index (χ2v) is 4.93. The molecule has 0 saturated heterocycles. The zero-order valence-electron chi connectivity index (χ0n) is 11.7. The smallest absolute Gasteiger partial charge is 0.333 e. The lowest BCUT2D eigenvalue weighted by Gasteiger charge is -2.06. The minimum atomic E-state index is -4.42.